The third kappa shape index (κ3) is 5.22. The normalized spacial score (nSPS) is 14.2. The number of non-ortho nitro benzene ring substituents is 1. The summed E-state index contributed by atoms with van der Waals surface area (Å²) in [4.78, 5) is 27.0. The standard InChI is InChI=1S/C23H17IN2O7/c1-2-30-20-12-15(11-18-23(27)33-22(25-18)19-7-4-8-31-19)10-17(24)21(20)32-13-14-5-3-6-16(9-14)26(28)29/h3-12H,2,13H2,1H3/b18-11-. The third-order valence-electron chi connectivity index (χ3n) is 4.49. The van der Waals surface area contributed by atoms with Crippen molar-refractivity contribution in [3.05, 3.63) is 91.1 Å². The molecule has 3 aromatic rings. The lowest BCUT2D eigenvalue weighted by Gasteiger charge is -2.15. The van der Waals surface area contributed by atoms with Crippen molar-refractivity contribution >= 4 is 46.2 Å². The first kappa shape index (κ1) is 22.5. The Kier molecular flexibility index (Phi) is 6.73. The maximum Gasteiger partial charge on any atom is 0.363 e. The number of benzene rings is 2. The summed E-state index contributed by atoms with van der Waals surface area (Å²) < 4.78 is 22.8. The minimum Gasteiger partial charge on any atom is -0.490 e. The molecule has 10 heteroatoms. The molecule has 0 fully saturated rings. The van der Waals surface area contributed by atoms with Crippen molar-refractivity contribution in [1.82, 2.24) is 0 Å². The summed E-state index contributed by atoms with van der Waals surface area (Å²) in [7, 11) is 0. The van der Waals surface area contributed by atoms with Gasteiger partial charge in [-0.1, -0.05) is 12.1 Å². The highest BCUT2D eigenvalue weighted by atomic mass is 127. The quantitative estimate of drug-likeness (QED) is 0.124. The average Bonchev–Trinajstić information content (AvgIpc) is 3.44. The molecule has 0 saturated heterocycles. The van der Waals surface area contributed by atoms with Crippen molar-refractivity contribution in [3.8, 4) is 11.5 Å². The molecule has 0 spiro atoms. The Hall–Kier alpha value is -3.67. The van der Waals surface area contributed by atoms with E-state index in [2.05, 4.69) is 27.6 Å². The molecule has 0 N–H and O–H groups in total. The van der Waals surface area contributed by atoms with Crippen LogP contribution in [0.5, 0.6) is 11.5 Å². The molecule has 0 saturated carbocycles. The van der Waals surface area contributed by atoms with Crippen LogP contribution in [0, 0.1) is 13.7 Å². The van der Waals surface area contributed by atoms with Crippen LogP contribution in [0.2, 0.25) is 0 Å². The number of furan rings is 1. The molecule has 1 aliphatic heterocycles. The molecule has 1 aromatic heterocycles. The van der Waals surface area contributed by atoms with E-state index in [4.69, 9.17) is 18.6 Å². The van der Waals surface area contributed by atoms with Crippen LogP contribution in [0.15, 0.2) is 69.9 Å². The van der Waals surface area contributed by atoms with Crippen molar-refractivity contribution in [3.63, 3.8) is 0 Å². The number of hydrogen-bond acceptors (Lipinski definition) is 8. The van der Waals surface area contributed by atoms with Crippen LogP contribution in [0.1, 0.15) is 23.8 Å². The molecule has 9 nitrogen and oxygen atoms in total. The second-order valence-electron chi connectivity index (χ2n) is 6.79. The summed E-state index contributed by atoms with van der Waals surface area (Å²) >= 11 is 2.11. The summed E-state index contributed by atoms with van der Waals surface area (Å²) in [5, 5.41) is 11.0. The highest BCUT2D eigenvalue weighted by Gasteiger charge is 2.26. The van der Waals surface area contributed by atoms with Crippen molar-refractivity contribution in [2.75, 3.05) is 6.61 Å². The largest absolute Gasteiger partial charge is 0.490 e. The highest BCUT2D eigenvalue weighted by Crippen LogP contribution is 2.36. The van der Waals surface area contributed by atoms with E-state index in [1.165, 1.54) is 18.4 Å². The first-order chi connectivity index (χ1) is 15.9. The third-order valence-corrected chi connectivity index (χ3v) is 5.29. The lowest BCUT2D eigenvalue weighted by atomic mass is 10.1. The Balaban J connectivity index is 1.59. The predicted molar refractivity (Wildman–Crippen MR) is 127 cm³/mol. The van der Waals surface area contributed by atoms with Crippen molar-refractivity contribution in [1.29, 1.82) is 0 Å². The van der Waals surface area contributed by atoms with E-state index in [1.807, 2.05) is 13.0 Å². The number of halogens is 1. The number of nitrogens with zero attached hydrogens (tertiary/aromatic N) is 2. The lowest BCUT2D eigenvalue weighted by Crippen LogP contribution is -2.04. The topological polar surface area (TPSA) is 113 Å². The fourth-order valence-electron chi connectivity index (χ4n) is 3.06. The first-order valence-electron chi connectivity index (χ1n) is 9.83. The van der Waals surface area contributed by atoms with E-state index in [0.29, 0.717) is 35.0 Å². The van der Waals surface area contributed by atoms with Crippen LogP contribution in [-0.4, -0.2) is 23.4 Å². The van der Waals surface area contributed by atoms with Crippen LogP contribution in [-0.2, 0) is 16.1 Å². The number of cyclic esters (lactones) is 1. The van der Waals surface area contributed by atoms with E-state index in [0.717, 1.165) is 3.57 Å². The van der Waals surface area contributed by atoms with Gasteiger partial charge in [-0.25, -0.2) is 9.79 Å². The summed E-state index contributed by atoms with van der Waals surface area (Å²) in [6.07, 6.45) is 3.06. The summed E-state index contributed by atoms with van der Waals surface area (Å²) in [6, 6.07) is 13.1. The maximum absolute atomic E-state index is 12.2. The lowest BCUT2D eigenvalue weighted by molar-refractivity contribution is -0.384. The molecule has 1 aliphatic rings. The van der Waals surface area contributed by atoms with E-state index in [-0.39, 0.29) is 23.9 Å². The molecule has 0 bridgehead atoms. The number of carbonyl (C=O) groups excluding carboxylic acids is 1. The molecule has 168 valence electrons. The summed E-state index contributed by atoms with van der Waals surface area (Å²) in [5.74, 6) is 0.859. The van der Waals surface area contributed by atoms with Gasteiger partial charge in [-0.3, -0.25) is 10.1 Å². The second kappa shape index (κ2) is 9.86. The van der Waals surface area contributed by atoms with E-state index >= 15 is 0 Å². The van der Waals surface area contributed by atoms with Crippen molar-refractivity contribution < 1.29 is 28.3 Å². The van der Waals surface area contributed by atoms with Gasteiger partial charge in [0.05, 0.1) is 21.4 Å². The zero-order valence-electron chi connectivity index (χ0n) is 17.3. The molecule has 4 rings (SSSR count). The van der Waals surface area contributed by atoms with Crippen LogP contribution in [0.3, 0.4) is 0 Å². The van der Waals surface area contributed by atoms with Crippen LogP contribution in [0.25, 0.3) is 6.08 Å². The Morgan fingerprint density at radius 1 is 1.18 bits per heavy atom. The molecular weight excluding hydrogens is 543 g/mol. The molecular formula is C23H17IN2O7. The molecule has 0 atom stereocenters. The number of carbonyl (C=O) groups is 1. The number of nitro groups is 1. The minimum atomic E-state index is -0.583. The number of hydrogen-bond donors (Lipinski definition) is 0. The van der Waals surface area contributed by atoms with Gasteiger partial charge in [0.25, 0.3) is 11.6 Å². The fraction of sp³-hybridized carbons (Fsp3) is 0.130. The van der Waals surface area contributed by atoms with Crippen LogP contribution in [0.4, 0.5) is 5.69 Å². The highest BCUT2D eigenvalue weighted by molar-refractivity contribution is 14.1. The minimum absolute atomic E-state index is 0.00396. The molecule has 33 heavy (non-hydrogen) atoms. The maximum atomic E-state index is 12.2. The zero-order chi connectivity index (χ0) is 23.4. The van der Waals surface area contributed by atoms with E-state index in [9.17, 15) is 14.9 Å². The van der Waals surface area contributed by atoms with Gasteiger partial charge in [-0.2, -0.15) is 0 Å². The molecule has 2 heterocycles. The first-order valence-corrected chi connectivity index (χ1v) is 10.9. The van der Waals surface area contributed by atoms with Crippen molar-refractivity contribution in [2.24, 2.45) is 4.99 Å². The molecule has 0 radical (unpaired) electrons. The van der Waals surface area contributed by atoms with Crippen LogP contribution < -0.4 is 9.47 Å². The number of nitro benzene ring substituents is 1. The van der Waals surface area contributed by atoms with Gasteiger partial charge in [0.1, 0.15) is 6.61 Å². The second-order valence-corrected chi connectivity index (χ2v) is 7.95. The zero-order valence-corrected chi connectivity index (χ0v) is 19.5. The van der Waals surface area contributed by atoms with Gasteiger partial charge >= 0.3 is 5.97 Å². The van der Waals surface area contributed by atoms with Gasteiger partial charge in [0, 0.05) is 12.1 Å². The smallest absolute Gasteiger partial charge is 0.363 e. The van der Waals surface area contributed by atoms with Crippen LogP contribution >= 0.6 is 22.6 Å². The van der Waals surface area contributed by atoms with Gasteiger partial charge in [-0.05, 0) is 71.0 Å². The van der Waals surface area contributed by atoms with Gasteiger partial charge < -0.3 is 18.6 Å². The predicted octanol–water partition coefficient (Wildman–Crippen LogP) is 5.11. The van der Waals surface area contributed by atoms with Gasteiger partial charge in [0.15, 0.2) is 23.0 Å². The van der Waals surface area contributed by atoms with Gasteiger partial charge in [-0.15, -0.1) is 0 Å². The number of ether oxygens (including phenoxy) is 3. The molecule has 2 aromatic carbocycles. The number of esters is 1. The Morgan fingerprint density at radius 3 is 2.76 bits per heavy atom. The van der Waals surface area contributed by atoms with Gasteiger partial charge in [0.2, 0.25) is 0 Å². The Bertz CT molecular complexity index is 1270. The van der Waals surface area contributed by atoms with Crippen molar-refractivity contribution in [2.45, 2.75) is 13.5 Å². The van der Waals surface area contributed by atoms with E-state index in [1.54, 1.807) is 36.4 Å². The van der Waals surface area contributed by atoms with E-state index < -0.39 is 10.9 Å². The number of rotatable bonds is 8. The summed E-state index contributed by atoms with van der Waals surface area (Å²) in [6.45, 7) is 2.37. The Morgan fingerprint density at radius 2 is 2.03 bits per heavy atom. The Labute approximate surface area is 202 Å². The summed E-state index contributed by atoms with van der Waals surface area (Å²) in [5.41, 5.74) is 1.45. The SMILES string of the molecule is CCOc1cc(/C=C2\N=C(c3ccco3)OC2=O)cc(I)c1OCc1cccc([N+](=O)[O-])c1. The molecule has 0 unspecified atom stereocenters. The molecule has 0 aliphatic carbocycles. The number of aliphatic imine (C=N–C) groups is 1. The molecule has 0 amide bonds. The fourth-order valence-corrected chi connectivity index (χ4v) is 3.84. The monoisotopic (exact) mass is 560 g/mol. The average molecular weight is 560 g/mol.